The number of furan rings is 1. The second-order valence-corrected chi connectivity index (χ2v) is 5.07. The zero-order valence-corrected chi connectivity index (χ0v) is 12.1. The fraction of sp³-hybridized carbons (Fsp3) is 0.438. The lowest BCUT2D eigenvalue weighted by atomic mass is 10.1. The molecule has 0 saturated heterocycles. The molecule has 2 N–H and O–H groups in total. The minimum Gasteiger partial charge on any atom is -0.448 e. The van der Waals surface area contributed by atoms with Crippen LogP contribution in [0.25, 0.3) is 11.0 Å². The van der Waals surface area contributed by atoms with Gasteiger partial charge in [-0.15, -0.1) is 0 Å². The number of benzene rings is 1. The van der Waals surface area contributed by atoms with Crippen LogP contribution in [-0.2, 0) is 0 Å². The molecule has 0 aliphatic rings. The van der Waals surface area contributed by atoms with Gasteiger partial charge < -0.3 is 14.8 Å². The zero-order valence-electron chi connectivity index (χ0n) is 12.1. The predicted molar refractivity (Wildman–Crippen MR) is 78.8 cm³/mol. The van der Waals surface area contributed by atoms with Crippen molar-refractivity contribution in [3.63, 3.8) is 0 Å². The summed E-state index contributed by atoms with van der Waals surface area (Å²) in [5.74, 6) is -0.602. The van der Waals surface area contributed by atoms with E-state index < -0.39 is 5.82 Å². The van der Waals surface area contributed by atoms with Gasteiger partial charge in [0.25, 0.3) is 5.91 Å². The lowest BCUT2D eigenvalue weighted by Gasteiger charge is -2.03. The standard InChI is InChI=1S/C16H20FNO3/c1-11-12-7-6-8-13(17)15(12)21-14(11)16(20)18-9-4-2-3-5-10-19/h6-8,19H,2-5,9-10H2,1H3,(H,18,20). The normalized spacial score (nSPS) is 11.0. The SMILES string of the molecule is Cc1c(C(=O)NCCCCCCO)oc2c(F)cccc12. The van der Waals surface area contributed by atoms with Crippen LogP contribution in [0, 0.1) is 12.7 Å². The first-order chi connectivity index (χ1) is 10.1. The van der Waals surface area contributed by atoms with Crippen LogP contribution in [0.4, 0.5) is 4.39 Å². The van der Waals surface area contributed by atoms with Crippen molar-refractivity contribution >= 4 is 16.9 Å². The highest BCUT2D eigenvalue weighted by Crippen LogP contribution is 2.27. The number of aliphatic hydroxyl groups is 1. The Morgan fingerprint density at radius 1 is 1.29 bits per heavy atom. The molecule has 0 aliphatic carbocycles. The minimum absolute atomic E-state index is 0.128. The number of rotatable bonds is 7. The van der Waals surface area contributed by atoms with E-state index in [0.29, 0.717) is 17.5 Å². The molecule has 1 heterocycles. The first-order valence-electron chi connectivity index (χ1n) is 7.22. The van der Waals surface area contributed by atoms with Gasteiger partial charge in [-0.1, -0.05) is 25.0 Å². The van der Waals surface area contributed by atoms with Gasteiger partial charge in [-0.25, -0.2) is 4.39 Å². The molecule has 0 fully saturated rings. The minimum atomic E-state index is -0.460. The molecule has 1 aromatic carbocycles. The molecule has 0 aliphatic heterocycles. The van der Waals surface area contributed by atoms with Crippen molar-refractivity contribution in [3.05, 3.63) is 35.3 Å². The lowest BCUT2D eigenvalue weighted by molar-refractivity contribution is 0.0926. The van der Waals surface area contributed by atoms with Gasteiger partial charge in [0.2, 0.25) is 0 Å². The van der Waals surface area contributed by atoms with E-state index in [2.05, 4.69) is 5.32 Å². The average molecular weight is 293 g/mol. The number of nitrogens with one attached hydrogen (secondary N) is 1. The van der Waals surface area contributed by atoms with Gasteiger partial charge >= 0.3 is 0 Å². The number of hydrogen-bond donors (Lipinski definition) is 2. The summed E-state index contributed by atoms with van der Waals surface area (Å²) in [5.41, 5.74) is 0.783. The van der Waals surface area contributed by atoms with Crippen molar-refractivity contribution in [1.29, 1.82) is 0 Å². The zero-order chi connectivity index (χ0) is 15.2. The van der Waals surface area contributed by atoms with Crippen molar-refractivity contribution in [1.82, 2.24) is 5.32 Å². The maximum absolute atomic E-state index is 13.6. The van der Waals surface area contributed by atoms with E-state index in [9.17, 15) is 9.18 Å². The van der Waals surface area contributed by atoms with Gasteiger partial charge in [0, 0.05) is 24.1 Å². The van der Waals surface area contributed by atoms with Crippen LogP contribution in [0.5, 0.6) is 0 Å². The topological polar surface area (TPSA) is 62.5 Å². The van der Waals surface area contributed by atoms with Crippen molar-refractivity contribution in [2.24, 2.45) is 0 Å². The Morgan fingerprint density at radius 2 is 2.05 bits per heavy atom. The molecular formula is C16H20FNO3. The predicted octanol–water partition coefficient (Wildman–Crippen LogP) is 3.16. The van der Waals surface area contributed by atoms with Crippen LogP contribution in [-0.4, -0.2) is 24.2 Å². The van der Waals surface area contributed by atoms with E-state index in [4.69, 9.17) is 9.52 Å². The van der Waals surface area contributed by atoms with Crippen LogP contribution >= 0.6 is 0 Å². The molecule has 2 aromatic rings. The molecular weight excluding hydrogens is 273 g/mol. The fourth-order valence-corrected chi connectivity index (χ4v) is 2.30. The Hall–Kier alpha value is -1.88. The quantitative estimate of drug-likeness (QED) is 0.771. The molecule has 1 amide bonds. The average Bonchev–Trinajstić information content (AvgIpc) is 2.82. The van der Waals surface area contributed by atoms with E-state index in [-0.39, 0.29) is 23.9 Å². The molecule has 4 nitrogen and oxygen atoms in total. The summed E-state index contributed by atoms with van der Waals surface area (Å²) in [5, 5.41) is 12.1. The monoisotopic (exact) mass is 293 g/mol. The largest absolute Gasteiger partial charge is 0.448 e. The van der Waals surface area contributed by atoms with Gasteiger partial charge in [-0.3, -0.25) is 4.79 Å². The summed E-state index contributed by atoms with van der Waals surface area (Å²) in [4.78, 5) is 12.1. The number of fused-ring (bicyclic) bond motifs is 1. The molecule has 1 aromatic heterocycles. The number of amides is 1. The van der Waals surface area contributed by atoms with Crippen LogP contribution < -0.4 is 5.32 Å². The van der Waals surface area contributed by atoms with E-state index in [1.54, 1.807) is 19.1 Å². The molecule has 0 radical (unpaired) electrons. The van der Waals surface area contributed by atoms with Crippen molar-refractivity contribution in [2.45, 2.75) is 32.6 Å². The highest BCUT2D eigenvalue weighted by molar-refractivity contribution is 5.98. The summed E-state index contributed by atoms with van der Waals surface area (Å²) in [6.45, 7) is 2.50. The van der Waals surface area contributed by atoms with Gasteiger partial charge in [0.15, 0.2) is 17.2 Å². The smallest absolute Gasteiger partial charge is 0.287 e. The van der Waals surface area contributed by atoms with Crippen LogP contribution in [0.3, 0.4) is 0 Å². The Kier molecular flexibility index (Phi) is 5.33. The number of unbranched alkanes of at least 4 members (excludes halogenated alkanes) is 3. The lowest BCUT2D eigenvalue weighted by Crippen LogP contribution is -2.24. The number of hydrogen-bond acceptors (Lipinski definition) is 3. The van der Waals surface area contributed by atoms with Crippen LogP contribution in [0.1, 0.15) is 41.8 Å². The second-order valence-electron chi connectivity index (χ2n) is 5.07. The Labute approximate surface area is 122 Å². The Morgan fingerprint density at radius 3 is 2.76 bits per heavy atom. The number of aryl methyl sites for hydroxylation is 1. The summed E-state index contributed by atoms with van der Waals surface area (Å²) >= 11 is 0. The maximum atomic E-state index is 13.6. The third-order valence-electron chi connectivity index (χ3n) is 3.49. The fourth-order valence-electron chi connectivity index (χ4n) is 2.30. The van der Waals surface area contributed by atoms with E-state index >= 15 is 0 Å². The van der Waals surface area contributed by atoms with E-state index in [0.717, 1.165) is 25.7 Å². The molecule has 0 spiro atoms. The first-order valence-corrected chi connectivity index (χ1v) is 7.22. The summed E-state index contributed by atoms with van der Waals surface area (Å²) in [7, 11) is 0. The molecule has 2 rings (SSSR count). The third-order valence-corrected chi connectivity index (χ3v) is 3.49. The van der Waals surface area contributed by atoms with Crippen molar-refractivity contribution in [2.75, 3.05) is 13.2 Å². The molecule has 0 saturated carbocycles. The van der Waals surface area contributed by atoms with Crippen LogP contribution in [0.2, 0.25) is 0 Å². The number of para-hydroxylation sites is 1. The maximum Gasteiger partial charge on any atom is 0.287 e. The highest BCUT2D eigenvalue weighted by Gasteiger charge is 2.18. The van der Waals surface area contributed by atoms with Crippen LogP contribution in [0.15, 0.2) is 22.6 Å². The molecule has 0 bridgehead atoms. The van der Waals surface area contributed by atoms with Gasteiger partial charge in [-0.05, 0) is 25.8 Å². The number of carbonyl (C=O) groups is 1. The summed E-state index contributed by atoms with van der Waals surface area (Å²) in [6.07, 6.45) is 3.53. The summed E-state index contributed by atoms with van der Waals surface area (Å²) < 4.78 is 19.0. The van der Waals surface area contributed by atoms with Crippen molar-refractivity contribution in [3.8, 4) is 0 Å². The number of halogens is 1. The van der Waals surface area contributed by atoms with E-state index in [1.807, 2.05) is 0 Å². The highest BCUT2D eigenvalue weighted by atomic mass is 19.1. The van der Waals surface area contributed by atoms with Crippen molar-refractivity contribution < 1.29 is 18.7 Å². The molecule has 0 unspecified atom stereocenters. The van der Waals surface area contributed by atoms with Gasteiger partial charge in [0.1, 0.15) is 0 Å². The first kappa shape index (κ1) is 15.5. The number of carbonyl (C=O) groups excluding carboxylic acids is 1. The second kappa shape index (κ2) is 7.22. The molecule has 5 heteroatoms. The van der Waals surface area contributed by atoms with E-state index in [1.165, 1.54) is 6.07 Å². The van der Waals surface area contributed by atoms with Gasteiger partial charge in [0.05, 0.1) is 0 Å². The Balaban J connectivity index is 1.97. The Bertz CT molecular complexity index is 621. The molecule has 0 atom stereocenters. The molecule has 21 heavy (non-hydrogen) atoms. The number of aliphatic hydroxyl groups excluding tert-OH is 1. The molecule has 114 valence electrons. The third kappa shape index (κ3) is 3.61. The summed E-state index contributed by atoms with van der Waals surface area (Å²) in [6, 6.07) is 4.65. The van der Waals surface area contributed by atoms with Gasteiger partial charge in [-0.2, -0.15) is 0 Å².